The summed E-state index contributed by atoms with van der Waals surface area (Å²) >= 11 is 0. The average molecular weight is 222 g/mol. The molecule has 0 heterocycles. The number of benzene rings is 2. The Hall–Kier alpha value is -1.56. The van der Waals surface area contributed by atoms with Crippen LogP contribution in [-0.2, 0) is 11.8 Å². The Morgan fingerprint density at radius 2 is 1.59 bits per heavy atom. The van der Waals surface area contributed by atoms with E-state index in [4.69, 9.17) is 0 Å². The van der Waals surface area contributed by atoms with E-state index in [0.29, 0.717) is 0 Å². The molecule has 1 aliphatic rings. The van der Waals surface area contributed by atoms with E-state index in [9.17, 15) is 0 Å². The number of hydrogen-bond donors (Lipinski definition) is 0. The molecule has 0 saturated carbocycles. The van der Waals surface area contributed by atoms with Crippen molar-refractivity contribution < 1.29 is 0 Å². The highest BCUT2D eigenvalue weighted by molar-refractivity contribution is 5.83. The van der Waals surface area contributed by atoms with Gasteiger partial charge in [-0.05, 0) is 34.2 Å². The first-order valence-corrected chi connectivity index (χ1v) is 6.38. The van der Waals surface area contributed by atoms with Crippen LogP contribution in [0.1, 0.15) is 37.5 Å². The highest BCUT2D eigenvalue weighted by Gasteiger charge is 2.35. The molecule has 0 spiro atoms. The molecule has 0 bridgehead atoms. The van der Waals surface area contributed by atoms with Crippen molar-refractivity contribution >= 4 is 0 Å². The monoisotopic (exact) mass is 222 g/mol. The molecule has 0 aliphatic heterocycles. The van der Waals surface area contributed by atoms with Crippen molar-refractivity contribution in [3.05, 3.63) is 59.2 Å². The molecule has 86 valence electrons. The van der Waals surface area contributed by atoms with Gasteiger partial charge in [0.2, 0.25) is 0 Å². The van der Waals surface area contributed by atoms with Crippen LogP contribution < -0.4 is 0 Å². The second-order valence-corrected chi connectivity index (χ2v) is 5.36. The van der Waals surface area contributed by atoms with Crippen molar-refractivity contribution in [2.45, 2.75) is 32.6 Å². The lowest BCUT2D eigenvalue weighted by Crippen LogP contribution is -2.14. The lowest BCUT2D eigenvalue weighted by molar-refractivity contribution is 0.660. The first kappa shape index (κ1) is 10.6. The molecule has 2 aromatic rings. The van der Waals surface area contributed by atoms with Gasteiger partial charge in [0.1, 0.15) is 0 Å². The van der Waals surface area contributed by atoms with Crippen LogP contribution in [0.3, 0.4) is 0 Å². The molecule has 3 rings (SSSR count). The average Bonchev–Trinajstić information content (AvgIpc) is 2.60. The number of aryl methyl sites for hydroxylation is 1. The summed E-state index contributed by atoms with van der Waals surface area (Å²) in [6.45, 7) is 6.90. The van der Waals surface area contributed by atoms with Crippen molar-refractivity contribution in [3.63, 3.8) is 0 Å². The Kier molecular flexibility index (Phi) is 2.16. The second-order valence-electron chi connectivity index (χ2n) is 5.36. The van der Waals surface area contributed by atoms with Gasteiger partial charge in [-0.3, -0.25) is 0 Å². The normalized spacial score (nSPS) is 15.5. The quantitative estimate of drug-likeness (QED) is 0.663. The number of rotatable bonds is 1. The second kappa shape index (κ2) is 3.46. The predicted molar refractivity (Wildman–Crippen MR) is 73.4 cm³/mol. The van der Waals surface area contributed by atoms with E-state index in [0.717, 1.165) is 6.42 Å². The Bertz CT molecular complexity index is 576. The minimum atomic E-state index is 0.150. The van der Waals surface area contributed by atoms with Crippen LogP contribution in [0, 0.1) is 0 Å². The summed E-state index contributed by atoms with van der Waals surface area (Å²) in [7, 11) is 0. The zero-order valence-electron chi connectivity index (χ0n) is 10.7. The maximum Gasteiger partial charge on any atom is 0.0158 e. The van der Waals surface area contributed by atoms with E-state index >= 15 is 0 Å². The van der Waals surface area contributed by atoms with Gasteiger partial charge in [0.05, 0.1) is 0 Å². The van der Waals surface area contributed by atoms with Gasteiger partial charge >= 0.3 is 0 Å². The van der Waals surface area contributed by atoms with E-state index in [1.165, 1.54) is 27.8 Å². The van der Waals surface area contributed by atoms with E-state index in [1.807, 2.05) is 0 Å². The fourth-order valence-corrected chi connectivity index (χ4v) is 3.12. The van der Waals surface area contributed by atoms with Crippen LogP contribution in [-0.4, -0.2) is 0 Å². The van der Waals surface area contributed by atoms with Crippen molar-refractivity contribution in [2.24, 2.45) is 0 Å². The van der Waals surface area contributed by atoms with Gasteiger partial charge in [-0.15, -0.1) is 0 Å². The smallest absolute Gasteiger partial charge is 0.0158 e. The zero-order valence-corrected chi connectivity index (χ0v) is 10.7. The van der Waals surface area contributed by atoms with Crippen LogP contribution in [0.25, 0.3) is 11.1 Å². The van der Waals surface area contributed by atoms with E-state index < -0.39 is 0 Å². The third-order valence-electron chi connectivity index (χ3n) is 4.07. The first-order chi connectivity index (χ1) is 8.16. The largest absolute Gasteiger partial charge is 0.0619 e. The minimum absolute atomic E-state index is 0.150. The number of hydrogen-bond acceptors (Lipinski definition) is 0. The van der Waals surface area contributed by atoms with Crippen LogP contribution >= 0.6 is 0 Å². The molecule has 2 aromatic carbocycles. The molecule has 0 nitrogen and oxygen atoms in total. The highest BCUT2D eigenvalue weighted by atomic mass is 14.4. The van der Waals surface area contributed by atoms with Gasteiger partial charge in [-0.25, -0.2) is 0 Å². The molecule has 0 radical (unpaired) electrons. The molecule has 17 heavy (non-hydrogen) atoms. The van der Waals surface area contributed by atoms with Gasteiger partial charge in [-0.1, -0.05) is 63.2 Å². The maximum absolute atomic E-state index is 2.33. The number of fused-ring (bicyclic) bond motifs is 3. The third-order valence-corrected chi connectivity index (χ3v) is 4.07. The molecular weight excluding hydrogens is 204 g/mol. The fourth-order valence-electron chi connectivity index (χ4n) is 3.12. The van der Waals surface area contributed by atoms with Crippen LogP contribution in [0.4, 0.5) is 0 Å². The van der Waals surface area contributed by atoms with E-state index in [1.54, 1.807) is 0 Å². The van der Waals surface area contributed by atoms with Crippen molar-refractivity contribution in [2.75, 3.05) is 0 Å². The summed E-state index contributed by atoms with van der Waals surface area (Å²) in [5.74, 6) is 0. The molecule has 0 saturated heterocycles. The molecule has 1 aliphatic carbocycles. The Morgan fingerprint density at radius 1 is 0.882 bits per heavy atom. The summed E-state index contributed by atoms with van der Waals surface area (Å²) in [6.07, 6.45) is 1.10. The molecule has 0 N–H and O–H groups in total. The van der Waals surface area contributed by atoms with Gasteiger partial charge in [0.15, 0.2) is 0 Å². The summed E-state index contributed by atoms with van der Waals surface area (Å²) in [6, 6.07) is 15.6. The molecule has 0 aromatic heterocycles. The first-order valence-electron chi connectivity index (χ1n) is 6.38. The summed E-state index contributed by atoms with van der Waals surface area (Å²) in [5.41, 5.74) is 7.49. The van der Waals surface area contributed by atoms with Gasteiger partial charge < -0.3 is 0 Å². The molecule has 0 amide bonds. The summed E-state index contributed by atoms with van der Waals surface area (Å²) in [5, 5.41) is 0. The molecule has 0 heteroatoms. The van der Waals surface area contributed by atoms with Gasteiger partial charge in [0.25, 0.3) is 0 Å². The SMILES string of the molecule is CCc1cccc2c1-c1ccccc1C2(C)C. The van der Waals surface area contributed by atoms with Crippen LogP contribution in [0.15, 0.2) is 42.5 Å². The topological polar surface area (TPSA) is 0 Å². The standard InChI is InChI=1S/C17H18/c1-4-12-8-7-11-15-16(12)13-9-5-6-10-14(13)17(15,2)3/h5-11H,4H2,1-3H3. The van der Waals surface area contributed by atoms with Gasteiger partial charge in [0, 0.05) is 5.41 Å². The van der Waals surface area contributed by atoms with E-state index in [-0.39, 0.29) is 5.41 Å². The minimum Gasteiger partial charge on any atom is -0.0619 e. The van der Waals surface area contributed by atoms with Crippen molar-refractivity contribution in [3.8, 4) is 11.1 Å². The molecular formula is C17H18. The Morgan fingerprint density at radius 3 is 2.35 bits per heavy atom. The Labute approximate surface area is 103 Å². The van der Waals surface area contributed by atoms with Gasteiger partial charge in [-0.2, -0.15) is 0 Å². The van der Waals surface area contributed by atoms with Crippen LogP contribution in [0.5, 0.6) is 0 Å². The lowest BCUT2D eigenvalue weighted by Gasteiger charge is -2.21. The third kappa shape index (κ3) is 1.30. The summed E-state index contributed by atoms with van der Waals surface area (Å²) < 4.78 is 0. The zero-order chi connectivity index (χ0) is 12.0. The predicted octanol–water partition coefficient (Wildman–Crippen LogP) is 4.56. The van der Waals surface area contributed by atoms with Crippen molar-refractivity contribution in [1.82, 2.24) is 0 Å². The fraction of sp³-hybridized carbons (Fsp3) is 0.294. The molecule has 0 unspecified atom stereocenters. The maximum atomic E-state index is 2.33. The summed E-state index contributed by atoms with van der Waals surface area (Å²) in [4.78, 5) is 0. The lowest BCUT2D eigenvalue weighted by atomic mass is 9.82. The van der Waals surface area contributed by atoms with Crippen molar-refractivity contribution in [1.29, 1.82) is 0 Å². The molecule has 0 fully saturated rings. The molecule has 0 atom stereocenters. The van der Waals surface area contributed by atoms with Crippen LogP contribution in [0.2, 0.25) is 0 Å². The Balaban J connectivity index is 2.41. The highest BCUT2D eigenvalue weighted by Crippen LogP contribution is 2.49. The van der Waals surface area contributed by atoms with E-state index in [2.05, 4.69) is 63.2 Å².